The predicted molar refractivity (Wildman–Crippen MR) is 137 cm³/mol. The Morgan fingerprint density at radius 1 is 1.11 bits per heavy atom. The zero-order valence-electron chi connectivity index (χ0n) is 21.4. The number of fused-ring (bicyclic) bond motifs is 1. The number of benzene rings is 2. The Hall–Kier alpha value is -3.62. The Morgan fingerprint density at radius 3 is 2.76 bits per heavy atom. The van der Waals surface area contributed by atoms with Crippen molar-refractivity contribution in [3.8, 4) is 11.5 Å². The summed E-state index contributed by atoms with van der Waals surface area (Å²) in [5.41, 5.74) is 3.98. The van der Waals surface area contributed by atoms with Crippen molar-refractivity contribution in [3.63, 3.8) is 0 Å². The van der Waals surface area contributed by atoms with Gasteiger partial charge in [-0.1, -0.05) is 30.3 Å². The predicted octanol–water partition coefficient (Wildman–Crippen LogP) is 4.07. The lowest BCUT2D eigenvalue weighted by molar-refractivity contribution is -0.146. The number of rotatable bonds is 5. The van der Waals surface area contributed by atoms with Gasteiger partial charge in [0.05, 0.1) is 31.8 Å². The molecule has 0 amide bonds. The fraction of sp³-hybridized carbons (Fsp3) is 0.400. The Labute approximate surface area is 221 Å². The van der Waals surface area contributed by atoms with E-state index in [2.05, 4.69) is 5.32 Å². The first-order chi connectivity index (χ1) is 18.4. The lowest BCUT2D eigenvalue weighted by Gasteiger charge is -2.37. The van der Waals surface area contributed by atoms with Gasteiger partial charge in [-0.15, -0.1) is 0 Å². The first-order valence-electron chi connectivity index (χ1n) is 13.0. The normalized spacial score (nSPS) is 28.6. The van der Waals surface area contributed by atoms with Crippen molar-refractivity contribution in [1.82, 2.24) is 5.32 Å². The molecule has 0 radical (unpaired) electrons. The molecule has 0 bridgehead atoms. The van der Waals surface area contributed by atoms with Gasteiger partial charge in [-0.05, 0) is 49.1 Å². The summed E-state index contributed by atoms with van der Waals surface area (Å²) in [6.45, 7) is 2.70. The number of phenolic OH excluding ortho intramolecular Hbond substituents is 1. The highest BCUT2D eigenvalue weighted by atomic mass is 16.7. The number of carbonyl (C=O) groups excluding carboxylic acids is 2. The van der Waals surface area contributed by atoms with Crippen molar-refractivity contribution in [3.05, 3.63) is 82.2 Å². The van der Waals surface area contributed by atoms with E-state index in [0.29, 0.717) is 35.4 Å². The van der Waals surface area contributed by atoms with Crippen LogP contribution >= 0.6 is 0 Å². The maximum atomic E-state index is 13.8. The number of allylic oxidation sites excluding steroid dienone is 3. The third kappa shape index (κ3) is 4.27. The fourth-order valence-corrected chi connectivity index (χ4v) is 6.32. The molecule has 0 spiro atoms. The molecule has 2 aromatic carbocycles. The Morgan fingerprint density at radius 2 is 1.95 bits per heavy atom. The zero-order chi connectivity index (χ0) is 26.4. The molecular formula is C30H31NO7. The van der Waals surface area contributed by atoms with Crippen LogP contribution in [0.25, 0.3) is 0 Å². The summed E-state index contributed by atoms with van der Waals surface area (Å²) in [5.74, 6) is -0.438. The second-order valence-electron chi connectivity index (χ2n) is 10.3. The van der Waals surface area contributed by atoms with Gasteiger partial charge in [0.1, 0.15) is 17.6 Å². The van der Waals surface area contributed by atoms with Gasteiger partial charge in [-0.2, -0.15) is 0 Å². The molecule has 2 N–H and O–H groups in total. The van der Waals surface area contributed by atoms with E-state index < -0.39 is 18.0 Å². The van der Waals surface area contributed by atoms with Crippen LogP contribution in [0.15, 0.2) is 71.1 Å². The van der Waals surface area contributed by atoms with E-state index in [-0.39, 0.29) is 42.7 Å². The molecule has 2 fully saturated rings. The highest BCUT2D eigenvalue weighted by Gasteiger charge is 2.46. The molecule has 0 unspecified atom stereocenters. The number of ketones is 1. The highest BCUT2D eigenvalue weighted by molar-refractivity contribution is 6.04. The van der Waals surface area contributed by atoms with Crippen molar-refractivity contribution in [1.29, 1.82) is 0 Å². The lowest BCUT2D eigenvalue weighted by atomic mass is 9.71. The van der Waals surface area contributed by atoms with Gasteiger partial charge in [0.2, 0.25) is 0 Å². The molecule has 0 aromatic heterocycles. The van der Waals surface area contributed by atoms with E-state index in [9.17, 15) is 14.7 Å². The van der Waals surface area contributed by atoms with Gasteiger partial charge < -0.3 is 29.4 Å². The summed E-state index contributed by atoms with van der Waals surface area (Å²) in [6, 6.07) is 14.5. The van der Waals surface area contributed by atoms with Gasteiger partial charge in [0.15, 0.2) is 12.1 Å². The number of phenols is 1. The molecule has 4 aliphatic rings. The minimum Gasteiger partial charge on any atom is -0.508 e. The van der Waals surface area contributed by atoms with Gasteiger partial charge in [-0.25, -0.2) is 4.79 Å². The van der Waals surface area contributed by atoms with E-state index in [1.165, 1.54) is 0 Å². The molecule has 198 valence electrons. The Bertz CT molecular complexity index is 1350. The zero-order valence-corrected chi connectivity index (χ0v) is 21.4. The number of Topliss-reactive ketones (excluding diaryl/α,β-unsaturated/α-hetero) is 1. The largest absolute Gasteiger partial charge is 0.508 e. The standard InChI is InChI=1S/C30H31NO7/c1-16-26(29(34)38-25-15-37-30-21(25)10-11-36-30)27(17-6-5-7-19(32)12-17)28-22(31-16)13-18(14-23(28)33)20-8-3-4-9-24(20)35-2/h3-9,12,18,21,25,27,30-32H,10-11,13-15H2,1-2H3/t18-,21+,25+,27-,30-/m1/s1. The number of para-hydroxylation sites is 1. The quantitative estimate of drug-likeness (QED) is 0.573. The maximum Gasteiger partial charge on any atom is 0.337 e. The van der Waals surface area contributed by atoms with Crippen LogP contribution in [-0.4, -0.2) is 49.6 Å². The fourth-order valence-electron chi connectivity index (χ4n) is 6.32. The van der Waals surface area contributed by atoms with Crippen LogP contribution in [0.3, 0.4) is 0 Å². The van der Waals surface area contributed by atoms with E-state index in [1.54, 1.807) is 25.3 Å². The third-order valence-electron chi connectivity index (χ3n) is 8.07. The number of hydrogen-bond acceptors (Lipinski definition) is 8. The second-order valence-corrected chi connectivity index (χ2v) is 10.3. The van der Waals surface area contributed by atoms with Crippen LogP contribution in [0.5, 0.6) is 11.5 Å². The molecule has 8 heteroatoms. The summed E-state index contributed by atoms with van der Waals surface area (Å²) >= 11 is 0. The molecule has 3 heterocycles. The number of esters is 1. The molecule has 38 heavy (non-hydrogen) atoms. The number of hydrogen-bond donors (Lipinski definition) is 2. The molecule has 1 aliphatic carbocycles. The molecule has 3 aliphatic heterocycles. The lowest BCUT2D eigenvalue weighted by Crippen LogP contribution is -2.37. The Balaban J connectivity index is 1.37. The maximum absolute atomic E-state index is 13.8. The average molecular weight is 518 g/mol. The molecule has 5 atom stereocenters. The number of ether oxygens (including phenoxy) is 4. The van der Waals surface area contributed by atoms with Crippen LogP contribution in [0.2, 0.25) is 0 Å². The number of methoxy groups -OCH3 is 1. The molecule has 2 saturated heterocycles. The van der Waals surface area contributed by atoms with Crippen LogP contribution < -0.4 is 10.1 Å². The monoisotopic (exact) mass is 517 g/mol. The minimum atomic E-state index is -0.657. The summed E-state index contributed by atoms with van der Waals surface area (Å²) in [5, 5.41) is 13.7. The minimum absolute atomic E-state index is 0.00308. The van der Waals surface area contributed by atoms with Crippen molar-refractivity contribution in [2.24, 2.45) is 5.92 Å². The number of nitrogens with one attached hydrogen (secondary N) is 1. The van der Waals surface area contributed by atoms with Crippen molar-refractivity contribution < 1.29 is 33.6 Å². The molecule has 2 aromatic rings. The van der Waals surface area contributed by atoms with Crippen molar-refractivity contribution in [2.75, 3.05) is 20.3 Å². The van der Waals surface area contributed by atoms with Gasteiger partial charge in [0.25, 0.3) is 0 Å². The Kier molecular flexibility index (Phi) is 6.45. The van der Waals surface area contributed by atoms with E-state index >= 15 is 0 Å². The second kappa shape index (κ2) is 9.93. The summed E-state index contributed by atoms with van der Waals surface area (Å²) < 4.78 is 22.8. The molecular weight excluding hydrogens is 486 g/mol. The summed E-state index contributed by atoms with van der Waals surface area (Å²) in [4.78, 5) is 27.6. The smallest absolute Gasteiger partial charge is 0.337 e. The van der Waals surface area contributed by atoms with Gasteiger partial charge >= 0.3 is 5.97 Å². The molecule has 0 saturated carbocycles. The topological polar surface area (TPSA) is 103 Å². The SMILES string of the molecule is COc1ccccc1[C@H]1CC(=O)C2=C(C1)NC(C)=C(C(=O)O[C@H]1CO[C@H]3OCC[C@H]31)[C@H]2c1cccc(O)c1. The van der Waals surface area contributed by atoms with Crippen molar-refractivity contribution in [2.45, 2.75) is 50.4 Å². The first-order valence-corrected chi connectivity index (χ1v) is 13.0. The first kappa shape index (κ1) is 24.7. The third-order valence-corrected chi connectivity index (χ3v) is 8.07. The number of aromatic hydroxyl groups is 1. The number of carbonyl (C=O) groups is 2. The molecule has 8 nitrogen and oxygen atoms in total. The van der Waals surface area contributed by atoms with Crippen LogP contribution in [0.4, 0.5) is 0 Å². The van der Waals surface area contributed by atoms with Gasteiger partial charge in [0, 0.05) is 35.2 Å². The van der Waals surface area contributed by atoms with Gasteiger partial charge in [-0.3, -0.25) is 4.79 Å². The van der Waals surface area contributed by atoms with Crippen LogP contribution in [0, 0.1) is 5.92 Å². The highest BCUT2D eigenvalue weighted by Crippen LogP contribution is 2.47. The summed E-state index contributed by atoms with van der Waals surface area (Å²) in [6.07, 6.45) is 0.902. The summed E-state index contributed by atoms with van der Waals surface area (Å²) in [7, 11) is 1.63. The van der Waals surface area contributed by atoms with Crippen LogP contribution in [0.1, 0.15) is 49.1 Å². The van der Waals surface area contributed by atoms with Crippen LogP contribution in [-0.2, 0) is 23.8 Å². The van der Waals surface area contributed by atoms with E-state index in [0.717, 1.165) is 23.4 Å². The van der Waals surface area contributed by atoms with E-state index in [4.69, 9.17) is 18.9 Å². The van der Waals surface area contributed by atoms with E-state index in [1.807, 2.05) is 37.3 Å². The average Bonchev–Trinajstić information content (AvgIpc) is 3.53. The van der Waals surface area contributed by atoms with Crippen molar-refractivity contribution >= 4 is 11.8 Å². The molecule has 6 rings (SSSR count). The number of dihydropyridines is 1.